The average Bonchev–Trinajstić information content (AvgIpc) is 2.97. The van der Waals surface area contributed by atoms with Crippen LogP contribution < -0.4 is 4.90 Å². The molecule has 7 nitrogen and oxygen atoms in total. The van der Waals surface area contributed by atoms with Gasteiger partial charge in [0.2, 0.25) is 5.91 Å². The fourth-order valence-corrected chi connectivity index (χ4v) is 6.79. The van der Waals surface area contributed by atoms with Gasteiger partial charge in [-0.2, -0.15) is 4.99 Å². The number of aliphatic imine (C=N–C) groups is 1. The fourth-order valence-electron chi connectivity index (χ4n) is 2.87. The van der Waals surface area contributed by atoms with Crippen molar-refractivity contribution in [2.45, 2.75) is 24.1 Å². The monoisotopic (exact) mass is 386 g/mol. The minimum Gasteiger partial charge on any atom is -0.481 e. The van der Waals surface area contributed by atoms with E-state index in [1.54, 1.807) is 6.07 Å². The van der Waals surface area contributed by atoms with Gasteiger partial charge in [0.05, 0.1) is 29.7 Å². The van der Waals surface area contributed by atoms with Gasteiger partial charge in [0, 0.05) is 11.7 Å². The van der Waals surface area contributed by atoms with Gasteiger partial charge in [0.15, 0.2) is 15.0 Å². The van der Waals surface area contributed by atoms with Gasteiger partial charge in [0.1, 0.15) is 5.82 Å². The second kappa shape index (κ2) is 6.75. The predicted molar refractivity (Wildman–Crippen MR) is 92.0 cm³/mol. The number of fused-ring (bicyclic) bond motifs is 1. The number of amides is 1. The molecule has 0 saturated carbocycles. The number of rotatable bonds is 4. The quantitative estimate of drug-likeness (QED) is 0.831. The van der Waals surface area contributed by atoms with Crippen LogP contribution in [0.15, 0.2) is 29.3 Å². The normalized spacial score (nSPS) is 26.0. The zero-order valence-corrected chi connectivity index (χ0v) is 14.6. The molecular weight excluding hydrogens is 371 g/mol. The molecule has 2 atom stereocenters. The van der Waals surface area contributed by atoms with Crippen molar-refractivity contribution < 1.29 is 27.5 Å². The van der Waals surface area contributed by atoms with E-state index >= 15 is 0 Å². The van der Waals surface area contributed by atoms with Gasteiger partial charge in [-0.15, -0.1) is 0 Å². The van der Waals surface area contributed by atoms with Crippen molar-refractivity contribution in [3.8, 4) is 0 Å². The summed E-state index contributed by atoms with van der Waals surface area (Å²) in [5.41, 5.74) is 0.157. The molecule has 10 heteroatoms. The molecule has 0 spiro atoms. The third-order valence-electron chi connectivity index (χ3n) is 3.95. The number of aliphatic carboxylic acids is 1. The molecule has 1 aromatic rings. The van der Waals surface area contributed by atoms with Crippen molar-refractivity contribution in [3.05, 3.63) is 30.1 Å². The van der Waals surface area contributed by atoms with Gasteiger partial charge < -0.3 is 10.0 Å². The van der Waals surface area contributed by atoms with Crippen LogP contribution in [-0.4, -0.2) is 53.4 Å². The lowest BCUT2D eigenvalue weighted by Gasteiger charge is -2.24. The number of carboxylic acid groups (broad SMARTS) is 1. The molecule has 2 heterocycles. The summed E-state index contributed by atoms with van der Waals surface area (Å²) < 4.78 is 38.1. The first kappa shape index (κ1) is 17.9. The van der Waals surface area contributed by atoms with E-state index < -0.39 is 33.6 Å². The average molecular weight is 386 g/mol. The first-order chi connectivity index (χ1) is 11.8. The molecule has 1 N–H and O–H groups in total. The van der Waals surface area contributed by atoms with Crippen LogP contribution >= 0.6 is 11.8 Å². The lowest BCUT2D eigenvalue weighted by atomic mass is 10.2. The maximum Gasteiger partial charge on any atom is 0.303 e. The van der Waals surface area contributed by atoms with Crippen LogP contribution in [0.2, 0.25) is 0 Å². The van der Waals surface area contributed by atoms with Gasteiger partial charge in [-0.25, -0.2) is 12.8 Å². The molecule has 1 amide bonds. The number of hydrogen-bond acceptors (Lipinski definition) is 5. The summed E-state index contributed by atoms with van der Waals surface area (Å²) in [4.78, 5) is 27.9. The molecule has 2 aliphatic heterocycles. The molecule has 3 rings (SSSR count). The molecule has 2 saturated heterocycles. The molecule has 0 aliphatic carbocycles. The highest BCUT2D eigenvalue weighted by Crippen LogP contribution is 2.41. The Bertz CT molecular complexity index is 855. The number of carbonyl (C=O) groups is 2. The van der Waals surface area contributed by atoms with Crippen LogP contribution in [0.1, 0.15) is 12.8 Å². The number of para-hydroxylation sites is 1. The van der Waals surface area contributed by atoms with Crippen molar-refractivity contribution in [2.24, 2.45) is 4.99 Å². The molecule has 0 unspecified atom stereocenters. The Morgan fingerprint density at radius 1 is 1.28 bits per heavy atom. The number of nitrogens with zero attached hydrogens (tertiary/aromatic N) is 2. The van der Waals surface area contributed by atoms with Crippen molar-refractivity contribution >= 4 is 44.3 Å². The summed E-state index contributed by atoms with van der Waals surface area (Å²) in [7, 11) is -3.24. The highest BCUT2D eigenvalue weighted by atomic mass is 32.2. The van der Waals surface area contributed by atoms with E-state index in [4.69, 9.17) is 5.11 Å². The number of thioether (sulfide) groups is 1. The predicted octanol–water partition coefficient (Wildman–Crippen LogP) is 1.29. The van der Waals surface area contributed by atoms with Crippen molar-refractivity contribution in [1.29, 1.82) is 0 Å². The van der Waals surface area contributed by atoms with E-state index in [1.165, 1.54) is 23.1 Å². The molecule has 1 aromatic carbocycles. The number of anilines is 1. The zero-order valence-electron chi connectivity index (χ0n) is 13.0. The Labute approximate surface area is 147 Å². The van der Waals surface area contributed by atoms with E-state index in [-0.39, 0.29) is 40.5 Å². The summed E-state index contributed by atoms with van der Waals surface area (Å²) in [6.45, 7) is 0. The number of benzene rings is 1. The smallest absolute Gasteiger partial charge is 0.303 e. The fraction of sp³-hybridized carbons (Fsp3) is 0.400. The molecule has 0 aromatic heterocycles. The molecule has 25 heavy (non-hydrogen) atoms. The van der Waals surface area contributed by atoms with Crippen LogP contribution in [0, 0.1) is 5.82 Å². The largest absolute Gasteiger partial charge is 0.481 e. The minimum absolute atomic E-state index is 0.0599. The van der Waals surface area contributed by atoms with E-state index in [9.17, 15) is 22.4 Å². The van der Waals surface area contributed by atoms with Crippen LogP contribution in [0.25, 0.3) is 0 Å². The summed E-state index contributed by atoms with van der Waals surface area (Å²) in [6, 6.07) is 5.38. The van der Waals surface area contributed by atoms with Crippen molar-refractivity contribution in [1.82, 2.24) is 0 Å². The SMILES string of the molecule is O=C(O)CCC(=O)N=C1S[C@@H]2CS(=O)(=O)C[C@@H]2N1c1ccccc1F. The van der Waals surface area contributed by atoms with Crippen LogP contribution in [0.3, 0.4) is 0 Å². The summed E-state index contributed by atoms with van der Waals surface area (Å²) in [5.74, 6) is -2.48. The third kappa shape index (κ3) is 3.84. The van der Waals surface area contributed by atoms with Gasteiger partial charge in [0.25, 0.3) is 0 Å². The molecule has 134 valence electrons. The Morgan fingerprint density at radius 3 is 2.68 bits per heavy atom. The Hall–Kier alpha value is -1.94. The van der Waals surface area contributed by atoms with Crippen LogP contribution in [0.5, 0.6) is 0 Å². The Kier molecular flexibility index (Phi) is 4.83. The minimum atomic E-state index is -3.24. The van der Waals surface area contributed by atoms with Gasteiger partial charge >= 0.3 is 5.97 Å². The van der Waals surface area contributed by atoms with Gasteiger partial charge in [-0.05, 0) is 12.1 Å². The number of amidine groups is 1. The molecule has 0 bridgehead atoms. The maximum absolute atomic E-state index is 14.2. The number of sulfone groups is 1. The molecular formula is C15H15FN2O5S2. The second-order valence-corrected chi connectivity index (χ2v) is 9.16. The van der Waals surface area contributed by atoms with E-state index in [2.05, 4.69) is 4.99 Å². The van der Waals surface area contributed by atoms with E-state index in [0.717, 1.165) is 11.8 Å². The maximum atomic E-state index is 14.2. The second-order valence-electron chi connectivity index (χ2n) is 5.80. The zero-order chi connectivity index (χ0) is 18.2. The van der Waals surface area contributed by atoms with E-state index in [1.807, 2.05) is 0 Å². The summed E-state index contributed by atoms with van der Waals surface area (Å²) in [5, 5.41) is 8.52. The first-order valence-corrected chi connectivity index (χ1v) is 10.2. The van der Waals surface area contributed by atoms with Gasteiger partial charge in [-0.3, -0.25) is 9.59 Å². The third-order valence-corrected chi connectivity index (χ3v) is 7.16. The van der Waals surface area contributed by atoms with Gasteiger partial charge in [-0.1, -0.05) is 23.9 Å². The number of hydrogen-bond donors (Lipinski definition) is 1. The van der Waals surface area contributed by atoms with E-state index in [0.29, 0.717) is 0 Å². The molecule has 2 aliphatic rings. The standard InChI is InChI=1S/C15H15FN2O5S2/c16-9-3-1-2-4-10(9)18-11-7-25(22,23)8-12(11)24-15(18)17-13(19)5-6-14(20)21/h1-4,11-12H,5-8H2,(H,20,21)/t11-,12+/m0/s1. The van der Waals surface area contributed by atoms with Crippen LogP contribution in [0.4, 0.5) is 10.1 Å². The summed E-state index contributed by atoms with van der Waals surface area (Å²) >= 11 is 1.12. The highest BCUT2D eigenvalue weighted by molar-refractivity contribution is 8.16. The molecule has 0 radical (unpaired) electrons. The van der Waals surface area contributed by atoms with Crippen LogP contribution in [-0.2, 0) is 19.4 Å². The Morgan fingerprint density at radius 2 is 2.00 bits per heavy atom. The van der Waals surface area contributed by atoms with Crippen molar-refractivity contribution in [3.63, 3.8) is 0 Å². The summed E-state index contributed by atoms with van der Waals surface area (Å²) in [6.07, 6.45) is -0.612. The van der Waals surface area contributed by atoms with Crippen molar-refractivity contribution in [2.75, 3.05) is 16.4 Å². The molecule has 2 fully saturated rings. The number of carboxylic acids is 1. The lowest BCUT2D eigenvalue weighted by molar-refractivity contribution is -0.138. The lowest BCUT2D eigenvalue weighted by Crippen LogP contribution is -2.38. The first-order valence-electron chi connectivity index (χ1n) is 7.51. The Balaban J connectivity index is 1.94. The number of carbonyl (C=O) groups excluding carboxylic acids is 1. The highest BCUT2D eigenvalue weighted by Gasteiger charge is 2.49. The number of halogens is 1. The topological polar surface area (TPSA) is 104 Å².